The second-order valence-corrected chi connectivity index (χ2v) is 23.8. The molecule has 6 aliphatic carbocycles. The van der Waals surface area contributed by atoms with Crippen molar-refractivity contribution < 1.29 is 28.4 Å². The fourth-order valence-electron chi connectivity index (χ4n) is 16.7. The van der Waals surface area contributed by atoms with Crippen molar-refractivity contribution in [3.05, 3.63) is 48.4 Å². The largest absolute Gasteiger partial charge is 0.465 e. The summed E-state index contributed by atoms with van der Waals surface area (Å²) < 4.78 is 18.1. The number of carbonyl (C=O) groups excluding carboxylic acids is 3. The first-order chi connectivity index (χ1) is 29.8. The lowest BCUT2D eigenvalue weighted by atomic mass is 9.32. The van der Waals surface area contributed by atoms with Gasteiger partial charge >= 0.3 is 11.9 Å². The number of unbranched alkanes of at least 4 members (excludes halogenated alkanes) is 1. The topological polar surface area (TPSA) is 112 Å². The van der Waals surface area contributed by atoms with Gasteiger partial charge in [-0.2, -0.15) is 4.98 Å². The fraction of sp³-hybridized carbons (Fsp3) is 0.759. The molecule has 9 heteroatoms. The van der Waals surface area contributed by atoms with Crippen LogP contribution in [0.2, 0.25) is 0 Å². The van der Waals surface area contributed by atoms with Crippen LogP contribution in [0, 0.1) is 73.9 Å². The highest BCUT2D eigenvalue weighted by atomic mass is 16.5. The van der Waals surface area contributed by atoms with Gasteiger partial charge in [-0.25, -0.2) is 0 Å². The van der Waals surface area contributed by atoms with Gasteiger partial charge in [0.25, 0.3) is 0 Å². The molecule has 0 radical (unpaired) electrons. The van der Waals surface area contributed by atoms with Gasteiger partial charge < -0.3 is 18.9 Å². The summed E-state index contributed by atoms with van der Waals surface area (Å²) in [6, 6.07) is 9.77. The number of hydrogen-bond acceptors (Lipinski definition) is 8. The average molecular weight is 864 g/mol. The number of carbonyl (C=O) groups is 3. The molecule has 13 atom stereocenters. The molecule has 2 aromatic rings. The third kappa shape index (κ3) is 6.66. The lowest BCUT2D eigenvalue weighted by molar-refractivity contribution is -0.251. The third-order valence-electron chi connectivity index (χ3n) is 20.5. The Morgan fingerprint density at radius 3 is 2.29 bits per heavy atom. The molecule has 1 amide bonds. The number of amides is 1. The number of fused-ring (bicyclic) bond motifs is 7. The number of rotatable bonds is 10. The van der Waals surface area contributed by atoms with Crippen molar-refractivity contribution in [3.8, 4) is 11.4 Å². The lowest BCUT2D eigenvalue weighted by Gasteiger charge is -2.73. The Morgan fingerprint density at radius 2 is 1.57 bits per heavy atom. The lowest BCUT2D eigenvalue weighted by Crippen LogP contribution is -2.67. The van der Waals surface area contributed by atoms with E-state index in [0.717, 1.165) is 95.6 Å². The Balaban J connectivity index is 0.931. The zero-order valence-electron chi connectivity index (χ0n) is 40.1. The molecule has 9 rings (SSSR count). The van der Waals surface area contributed by atoms with Crippen LogP contribution in [0.1, 0.15) is 171 Å². The Hall–Kier alpha value is -3.49. The summed E-state index contributed by atoms with van der Waals surface area (Å²) in [5.74, 6) is 2.66. The minimum Gasteiger partial charge on any atom is -0.465 e. The fourth-order valence-corrected chi connectivity index (χ4v) is 16.7. The molecule has 2 heterocycles. The molecular weight excluding hydrogens is 787 g/mol. The Kier molecular flexibility index (Phi) is 11.2. The summed E-state index contributed by atoms with van der Waals surface area (Å²) in [5, 5.41) is 4.37. The second kappa shape index (κ2) is 15.8. The van der Waals surface area contributed by atoms with E-state index < -0.39 is 10.8 Å². The maximum atomic E-state index is 15.5. The molecule has 63 heavy (non-hydrogen) atoms. The van der Waals surface area contributed by atoms with Crippen LogP contribution < -0.4 is 0 Å². The first-order valence-electron chi connectivity index (χ1n) is 25.1. The number of likely N-dealkylation sites (tertiary alicyclic amines) is 1. The van der Waals surface area contributed by atoms with Crippen molar-refractivity contribution in [2.75, 3.05) is 13.2 Å². The smallest absolute Gasteiger partial charge is 0.309 e. The quantitative estimate of drug-likeness (QED) is 0.132. The van der Waals surface area contributed by atoms with Crippen molar-refractivity contribution in [1.82, 2.24) is 15.0 Å². The van der Waals surface area contributed by atoms with Crippen molar-refractivity contribution in [2.45, 2.75) is 171 Å². The molecule has 2 unspecified atom stereocenters. The van der Waals surface area contributed by atoms with E-state index in [1.165, 1.54) is 12.0 Å². The molecule has 7 aliphatic rings. The van der Waals surface area contributed by atoms with Gasteiger partial charge in [0, 0.05) is 17.5 Å². The summed E-state index contributed by atoms with van der Waals surface area (Å²) in [6.45, 7) is 26.8. The van der Waals surface area contributed by atoms with Crippen LogP contribution in [0.25, 0.3) is 11.4 Å². The van der Waals surface area contributed by atoms with Crippen LogP contribution in [0.15, 0.2) is 47.0 Å². The normalized spacial score (nSPS) is 41.0. The molecule has 0 spiro atoms. The minimum absolute atomic E-state index is 0.0926. The van der Waals surface area contributed by atoms with Crippen molar-refractivity contribution in [1.29, 1.82) is 0 Å². The van der Waals surface area contributed by atoms with E-state index in [9.17, 15) is 9.59 Å². The molecular formula is C54H77N3O6. The van der Waals surface area contributed by atoms with Crippen LogP contribution in [0.4, 0.5) is 0 Å². The van der Waals surface area contributed by atoms with Crippen molar-refractivity contribution in [3.63, 3.8) is 0 Å². The van der Waals surface area contributed by atoms with E-state index in [0.29, 0.717) is 54.3 Å². The highest BCUT2D eigenvalue weighted by molar-refractivity contribution is 5.85. The van der Waals surface area contributed by atoms with Crippen LogP contribution in [0.3, 0.4) is 0 Å². The van der Waals surface area contributed by atoms with Gasteiger partial charge in [0.15, 0.2) is 0 Å². The van der Waals surface area contributed by atoms with Crippen molar-refractivity contribution in [2.24, 2.45) is 73.9 Å². The minimum atomic E-state index is -0.476. The van der Waals surface area contributed by atoms with E-state index in [4.69, 9.17) is 19.0 Å². The van der Waals surface area contributed by atoms with E-state index in [1.54, 1.807) is 0 Å². The Bertz CT molecular complexity index is 2090. The van der Waals surface area contributed by atoms with E-state index in [-0.39, 0.29) is 63.5 Å². The Morgan fingerprint density at radius 1 is 0.825 bits per heavy atom. The number of ether oxygens (including phenoxy) is 2. The summed E-state index contributed by atoms with van der Waals surface area (Å²) in [5.41, 5.74) is 1.45. The zero-order valence-corrected chi connectivity index (χ0v) is 40.1. The highest BCUT2D eigenvalue weighted by Crippen LogP contribution is 2.78. The molecule has 1 aromatic carbocycles. The first-order valence-corrected chi connectivity index (χ1v) is 25.1. The van der Waals surface area contributed by atoms with E-state index >= 15 is 4.79 Å². The molecule has 7 fully saturated rings. The second-order valence-electron chi connectivity index (χ2n) is 23.8. The van der Waals surface area contributed by atoms with Crippen LogP contribution in [-0.2, 0) is 23.9 Å². The molecule has 1 saturated heterocycles. The van der Waals surface area contributed by atoms with Gasteiger partial charge in [0.2, 0.25) is 17.6 Å². The maximum absolute atomic E-state index is 15.5. The number of aromatic nitrogens is 2. The molecule has 6 saturated carbocycles. The average Bonchev–Trinajstić information content (AvgIpc) is 4.02. The van der Waals surface area contributed by atoms with Gasteiger partial charge in [-0.05, 0) is 148 Å². The molecule has 0 N–H and O–H groups in total. The summed E-state index contributed by atoms with van der Waals surface area (Å²) in [4.78, 5) is 49.5. The summed E-state index contributed by atoms with van der Waals surface area (Å²) >= 11 is 0. The molecule has 1 aromatic heterocycles. The molecule has 0 bridgehead atoms. The van der Waals surface area contributed by atoms with Gasteiger partial charge in [-0.15, -0.1) is 0 Å². The van der Waals surface area contributed by atoms with Crippen molar-refractivity contribution >= 4 is 17.8 Å². The summed E-state index contributed by atoms with van der Waals surface area (Å²) in [6.07, 6.45) is 14.5. The molecule has 1 aliphatic heterocycles. The molecule has 9 nitrogen and oxygen atoms in total. The first kappa shape index (κ1) is 44.7. The van der Waals surface area contributed by atoms with Gasteiger partial charge in [-0.1, -0.05) is 109 Å². The van der Waals surface area contributed by atoms with Gasteiger partial charge in [0.1, 0.15) is 12.1 Å². The number of nitrogens with zero attached hydrogens (tertiary/aromatic N) is 3. The SMILES string of the molecule is C=C(C)[C@@H]1CC[C@]2(C(=O)N3CCC[C@@H]3c3nc(-c4ccccc4)no3)CC[C@]3(C)[C@H](CC[C@@H]4[C@@]5(C)CC[C@H](OC(=O)C6CC(C(=O)OCCCC)C6(C)C)C(C)(C)[C@@H]5CC[C@]43C)[C@@H]12. The predicted octanol–water partition coefficient (Wildman–Crippen LogP) is 12.0. The number of hydrogen-bond donors (Lipinski definition) is 0. The Labute approximate surface area is 377 Å². The van der Waals surface area contributed by atoms with Crippen LogP contribution >= 0.6 is 0 Å². The number of benzene rings is 1. The predicted molar refractivity (Wildman–Crippen MR) is 244 cm³/mol. The van der Waals surface area contributed by atoms with Gasteiger partial charge in [0.05, 0.1) is 23.9 Å². The maximum Gasteiger partial charge on any atom is 0.309 e. The van der Waals surface area contributed by atoms with Gasteiger partial charge in [-0.3, -0.25) is 14.4 Å². The van der Waals surface area contributed by atoms with E-state index in [2.05, 4.69) is 65.1 Å². The number of allylic oxidation sites excluding steroid dienone is 1. The monoisotopic (exact) mass is 864 g/mol. The van der Waals surface area contributed by atoms with Crippen LogP contribution in [0.5, 0.6) is 0 Å². The number of esters is 2. The van der Waals surface area contributed by atoms with E-state index in [1.807, 2.05) is 44.2 Å². The molecule has 344 valence electrons. The zero-order chi connectivity index (χ0) is 44.9. The van der Waals surface area contributed by atoms with Crippen LogP contribution in [-0.4, -0.2) is 52.1 Å². The third-order valence-corrected chi connectivity index (χ3v) is 20.5. The standard InChI is InChI=1S/C54H77N3O6/c1-11-12-31-61-46(58)37-32-38(49(37,4)5)47(59)62-42-24-25-51(8)40(50(42,6)7)23-26-53(10)41(51)21-20-36-43-35(33(2)3)22-27-54(43,29-28-52(36,53)9)48(60)57-30-16-19-39(57)45-55-44(56-63-45)34-17-14-13-15-18-34/h13-15,17-18,35-43H,2,11-12,16,19-32H2,1,3-10H3/t35-,36+,37?,38?,39+,40-,41+,42-,43+,51-,52+,53+,54-/m0/s1. The highest BCUT2D eigenvalue weighted by Gasteiger charge is 2.73. The summed E-state index contributed by atoms with van der Waals surface area (Å²) in [7, 11) is 0.